The molecule has 1 aliphatic rings. The maximum Gasteiger partial charge on any atom is 0.273 e. The Labute approximate surface area is 147 Å². The minimum Gasteiger partial charge on any atom is -0.497 e. The number of hydrogen-bond donors (Lipinski definition) is 1. The van der Waals surface area contributed by atoms with Crippen LogP contribution in [0.15, 0.2) is 24.3 Å². The molecule has 2 aromatic rings. The van der Waals surface area contributed by atoms with E-state index >= 15 is 0 Å². The van der Waals surface area contributed by atoms with Crippen LogP contribution in [-0.2, 0) is 4.74 Å². The number of hydrogen-bond acceptors (Lipinski definition) is 5. The van der Waals surface area contributed by atoms with Crippen molar-refractivity contribution in [3.63, 3.8) is 0 Å². The Bertz CT molecular complexity index is 718. The quantitative estimate of drug-likeness (QED) is 0.870. The van der Waals surface area contributed by atoms with Gasteiger partial charge in [0, 0.05) is 13.2 Å². The zero-order chi connectivity index (χ0) is 17.8. The molecule has 1 aromatic carbocycles. The molecule has 3 rings (SSSR count). The number of methoxy groups -OCH3 is 1. The molecule has 134 valence electrons. The molecular weight excluding hydrogens is 320 g/mol. The molecule has 0 saturated carbocycles. The third-order valence-corrected chi connectivity index (χ3v) is 4.30. The highest BCUT2D eigenvalue weighted by atomic mass is 16.5. The third-order valence-electron chi connectivity index (χ3n) is 4.30. The Hall–Kier alpha value is -2.41. The molecule has 1 N–H and O–H groups in total. The van der Waals surface area contributed by atoms with Crippen molar-refractivity contribution in [1.29, 1.82) is 0 Å². The number of nitrogens with zero attached hydrogens (tertiary/aromatic N) is 3. The van der Waals surface area contributed by atoms with E-state index in [-0.39, 0.29) is 17.9 Å². The Morgan fingerprint density at radius 3 is 2.76 bits per heavy atom. The van der Waals surface area contributed by atoms with Gasteiger partial charge in [-0.15, -0.1) is 5.10 Å². The Kier molecular flexibility index (Phi) is 5.33. The van der Waals surface area contributed by atoms with Crippen molar-refractivity contribution >= 4 is 5.91 Å². The van der Waals surface area contributed by atoms with E-state index in [1.807, 2.05) is 38.1 Å². The fourth-order valence-electron chi connectivity index (χ4n) is 2.98. The molecular formula is C18H24N4O3. The number of amides is 1. The second-order valence-electron chi connectivity index (χ2n) is 6.43. The monoisotopic (exact) mass is 344 g/mol. The van der Waals surface area contributed by atoms with Crippen LogP contribution >= 0.6 is 0 Å². The van der Waals surface area contributed by atoms with Crippen LogP contribution in [0.5, 0.6) is 5.75 Å². The van der Waals surface area contributed by atoms with Crippen LogP contribution in [-0.4, -0.2) is 47.3 Å². The van der Waals surface area contributed by atoms with Gasteiger partial charge >= 0.3 is 0 Å². The number of aromatic nitrogens is 3. The predicted octanol–water partition coefficient (Wildman–Crippen LogP) is 2.31. The second-order valence-corrected chi connectivity index (χ2v) is 6.43. The van der Waals surface area contributed by atoms with Gasteiger partial charge in [0.05, 0.1) is 24.6 Å². The van der Waals surface area contributed by atoms with Gasteiger partial charge in [0.25, 0.3) is 5.91 Å². The lowest BCUT2D eigenvalue weighted by Gasteiger charge is -2.13. The number of ether oxygens (including phenoxy) is 2. The SMILES string of the molecule is COc1ccc(-n2nnc(C(=O)NC[C@@H]3CCCO3)c2C(C)C)cc1. The normalized spacial score (nSPS) is 17.0. The molecule has 0 bridgehead atoms. The molecule has 1 amide bonds. The average Bonchev–Trinajstić information content (AvgIpc) is 3.29. The molecule has 25 heavy (non-hydrogen) atoms. The van der Waals surface area contributed by atoms with Crippen LogP contribution in [0.2, 0.25) is 0 Å². The lowest BCUT2D eigenvalue weighted by atomic mass is 10.1. The summed E-state index contributed by atoms with van der Waals surface area (Å²) < 4.78 is 12.4. The summed E-state index contributed by atoms with van der Waals surface area (Å²) in [6.07, 6.45) is 2.13. The first-order valence-electron chi connectivity index (χ1n) is 8.60. The van der Waals surface area contributed by atoms with Crippen molar-refractivity contribution in [2.45, 2.75) is 38.7 Å². The Morgan fingerprint density at radius 1 is 1.40 bits per heavy atom. The molecule has 1 saturated heterocycles. The van der Waals surface area contributed by atoms with E-state index in [2.05, 4.69) is 15.6 Å². The zero-order valence-electron chi connectivity index (χ0n) is 14.9. The number of carbonyl (C=O) groups excluding carboxylic acids is 1. The second kappa shape index (κ2) is 7.65. The molecule has 0 radical (unpaired) electrons. The van der Waals surface area contributed by atoms with E-state index in [9.17, 15) is 4.79 Å². The first-order chi connectivity index (χ1) is 12.1. The van der Waals surface area contributed by atoms with Gasteiger partial charge in [-0.25, -0.2) is 4.68 Å². The molecule has 0 aliphatic carbocycles. The highest BCUT2D eigenvalue weighted by molar-refractivity contribution is 5.93. The molecule has 1 aromatic heterocycles. The van der Waals surface area contributed by atoms with Crippen LogP contribution in [0.4, 0.5) is 0 Å². The van der Waals surface area contributed by atoms with E-state index in [1.54, 1.807) is 11.8 Å². The Balaban J connectivity index is 1.81. The van der Waals surface area contributed by atoms with Gasteiger partial charge in [0.1, 0.15) is 5.75 Å². The van der Waals surface area contributed by atoms with Crippen LogP contribution in [0, 0.1) is 0 Å². The third kappa shape index (κ3) is 3.82. The van der Waals surface area contributed by atoms with Gasteiger partial charge in [-0.1, -0.05) is 19.1 Å². The average molecular weight is 344 g/mol. The summed E-state index contributed by atoms with van der Waals surface area (Å²) in [7, 11) is 1.63. The molecule has 0 spiro atoms. The number of nitrogens with one attached hydrogen (secondary N) is 1. The molecule has 0 unspecified atom stereocenters. The van der Waals surface area contributed by atoms with Crippen molar-refractivity contribution in [1.82, 2.24) is 20.3 Å². The summed E-state index contributed by atoms with van der Waals surface area (Å²) >= 11 is 0. The molecule has 2 heterocycles. The summed E-state index contributed by atoms with van der Waals surface area (Å²) in [4.78, 5) is 12.6. The van der Waals surface area contributed by atoms with E-state index < -0.39 is 0 Å². The van der Waals surface area contributed by atoms with Crippen LogP contribution in [0.3, 0.4) is 0 Å². The van der Waals surface area contributed by atoms with Crippen molar-refractivity contribution in [3.05, 3.63) is 35.7 Å². The summed E-state index contributed by atoms with van der Waals surface area (Å²) in [5.41, 5.74) is 1.99. The molecule has 1 atom stereocenters. The van der Waals surface area contributed by atoms with Crippen molar-refractivity contribution in [2.24, 2.45) is 0 Å². The summed E-state index contributed by atoms with van der Waals surface area (Å²) in [5.74, 6) is 0.657. The summed E-state index contributed by atoms with van der Waals surface area (Å²) in [6, 6.07) is 7.51. The highest BCUT2D eigenvalue weighted by Crippen LogP contribution is 2.23. The van der Waals surface area contributed by atoms with E-state index in [0.29, 0.717) is 12.2 Å². The highest BCUT2D eigenvalue weighted by Gasteiger charge is 2.24. The lowest BCUT2D eigenvalue weighted by Crippen LogP contribution is -2.32. The predicted molar refractivity (Wildman–Crippen MR) is 93.3 cm³/mol. The standard InChI is InChI=1S/C18H24N4O3/c1-12(2)17-16(18(23)19-11-15-5-4-10-25-15)20-21-22(17)13-6-8-14(24-3)9-7-13/h6-9,12,15H,4-5,10-11H2,1-3H3,(H,19,23)/t15-/m0/s1. The van der Waals surface area contributed by atoms with Crippen molar-refractivity contribution < 1.29 is 14.3 Å². The zero-order valence-corrected chi connectivity index (χ0v) is 14.9. The smallest absolute Gasteiger partial charge is 0.273 e. The minimum atomic E-state index is -0.209. The van der Waals surface area contributed by atoms with Gasteiger partial charge < -0.3 is 14.8 Å². The van der Waals surface area contributed by atoms with Crippen LogP contribution in [0.1, 0.15) is 48.8 Å². The molecule has 7 heteroatoms. The van der Waals surface area contributed by atoms with Gasteiger partial charge in [0.2, 0.25) is 0 Å². The fourth-order valence-corrected chi connectivity index (χ4v) is 2.98. The van der Waals surface area contributed by atoms with E-state index in [4.69, 9.17) is 9.47 Å². The first kappa shape index (κ1) is 17.4. The van der Waals surface area contributed by atoms with E-state index in [0.717, 1.165) is 36.6 Å². The van der Waals surface area contributed by atoms with Crippen LogP contribution in [0.25, 0.3) is 5.69 Å². The largest absolute Gasteiger partial charge is 0.497 e. The Morgan fingerprint density at radius 2 is 2.16 bits per heavy atom. The van der Waals surface area contributed by atoms with Gasteiger partial charge in [-0.2, -0.15) is 0 Å². The minimum absolute atomic E-state index is 0.0978. The van der Waals surface area contributed by atoms with Gasteiger partial charge in [-0.05, 0) is 43.0 Å². The number of rotatable bonds is 6. The first-order valence-corrected chi connectivity index (χ1v) is 8.60. The molecule has 7 nitrogen and oxygen atoms in total. The van der Waals surface area contributed by atoms with Crippen molar-refractivity contribution in [2.75, 3.05) is 20.3 Å². The van der Waals surface area contributed by atoms with Gasteiger partial charge in [0.15, 0.2) is 5.69 Å². The van der Waals surface area contributed by atoms with Gasteiger partial charge in [-0.3, -0.25) is 4.79 Å². The topological polar surface area (TPSA) is 78.3 Å². The maximum absolute atomic E-state index is 12.6. The fraction of sp³-hybridized carbons (Fsp3) is 0.500. The summed E-state index contributed by atoms with van der Waals surface area (Å²) in [6.45, 7) is 5.32. The van der Waals surface area contributed by atoms with Crippen molar-refractivity contribution in [3.8, 4) is 11.4 Å². The van der Waals surface area contributed by atoms with E-state index in [1.165, 1.54) is 0 Å². The maximum atomic E-state index is 12.6. The lowest BCUT2D eigenvalue weighted by molar-refractivity contribution is 0.0852. The number of benzene rings is 1. The molecule has 1 fully saturated rings. The van der Waals surface area contributed by atoms with Crippen LogP contribution < -0.4 is 10.1 Å². The summed E-state index contributed by atoms with van der Waals surface area (Å²) in [5, 5.41) is 11.2. The number of carbonyl (C=O) groups is 1. The molecule has 1 aliphatic heterocycles.